The average molecular weight is 303 g/mol. The number of rotatable bonds is 5. The first-order valence-corrected chi connectivity index (χ1v) is 7.47. The third kappa shape index (κ3) is 2.86. The van der Waals surface area contributed by atoms with Crippen LogP contribution in [0.5, 0.6) is 11.5 Å². The molecule has 2 aromatic heterocycles. The maximum atomic E-state index is 6.31. The largest absolute Gasteiger partial charge is 0.497 e. The SMILES string of the molecule is COc1cc(OC)cc(C(N)Cc2cn3ccsc3n2)c1. The summed E-state index contributed by atoms with van der Waals surface area (Å²) in [7, 11) is 3.27. The van der Waals surface area contributed by atoms with E-state index in [0.717, 1.165) is 27.7 Å². The maximum absolute atomic E-state index is 6.31. The molecule has 0 saturated heterocycles. The van der Waals surface area contributed by atoms with Crippen molar-refractivity contribution >= 4 is 16.3 Å². The van der Waals surface area contributed by atoms with Crippen molar-refractivity contribution in [1.82, 2.24) is 9.38 Å². The fourth-order valence-electron chi connectivity index (χ4n) is 2.26. The van der Waals surface area contributed by atoms with Crippen LogP contribution in [0.25, 0.3) is 4.96 Å². The first-order valence-electron chi connectivity index (χ1n) is 6.59. The predicted octanol–water partition coefficient (Wildman–Crippen LogP) is 2.66. The van der Waals surface area contributed by atoms with E-state index < -0.39 is 0 Å². The lowest BCUT2D eigenvalue weighted by Gasteiger charge is -2.13. The maximum Gasteiger partial charge on any atom is 0.193 e. The molecule has 1 unspecified atom stereocenters. The molecule has 1 aromatic carbocycles. The van der Waals surface area contributed by atoms with Gasteiger partial charge in [-0.2, -0.15) is 0 Å². The van der Waals surface area contributed by atoms with E-state index in [9.17, 15) is 0 Å². The van der Waals surface area contributed by atoms with Crippen LogP contribution in [0.15, 0.2) is 36.0 Å². The number of fused-ring (bicyclic) bond motifs is 1. The van der Waals surface area contributed by atoms with Crippen molar-refractivity contribution in [2.75, 3.05) is 14.2 Å². The summed E-state index contributed by atoms with van der Waals surface area (Å²) >= 11 is 1.61. The van der Waals surface area contributed by atoms with Crippen molar-refractivity contribution in [3.05, 3.63) is 47.2 Å². The number of nitrogens with zero attached hydrogens (tertiary/aromatic N) is 2. The van der Waals surface area contributed by atoms with Gasteiger partial charge in [0.25, 0.3) is 0 Å². The van der Waals surface area contributed by atoms with Gasteiger partial charge in [-0.05, 0) is 17.7 Å². The zero-order valence-electron chi connectivity index (χ0n) is 11.9. The van der Waals surface area contributed by atoms with Crippen LogP contribution in [-0.2, 0) is 6.42 Å². The molecule has 3 aromatic rings. The molecule has 2 heterocycles. The van der Waals surface area contributed by atoms with Crippen LogP contribution < -0.4 is 15.2 Å². The van der Waals surface area contributed by atoms with Crippen LogP contribution in [0.2, 0.25) is 0 Å². The van der Waals surface area contributed by atoms with Gasteiger partial charge in [-0.25, -0.2) is 4.98 Å². The molecule has 0 aliphatic carbocycles. The Morgan fingerprint density at radius 1 is 1.24 bits per heavy atom. The highest BCUT2D eigenvalue weighted by molar-refractivity contribution is 7.15. The van der Waals surface area contributed by atoms with Gasteiger partial charge in [0.15, 0.2) is 4.96 Å². The molecule has 0 spiro atoms. The summed E-state index contributed by atoms with van der Waals surface area (Å²) in [6, 6.07) is 5.55. The molecular formula is C15H17N3O2S. The van der Waals surface area contributed by atoms with Crippen LogP contribution in [0.4, 0.5) is 0 Å². The second-order valence-electron chi connectivity index (χ2n) is 4.78. The van der Waals surface area contributed by atoms with E-state index in [0.29, 0.717) is 6.42 Å². The second-order valence-corrected chi connectivity index (χ2v) is 5.65. The quantitative estimate of drug-likeness (QED) is 0.787. The van der Waals surface area contributed by atoms with E-state index in [-0.39, 0.29) is 6.04 Å². The van der Waals surface area contributed by atoms with Gasteiger partial charge in [-0.1, -0.05) is 0 Å². The number of aromatic nitrogens is 2. The molecule has 0 bridgehead atoms. The summed E-state index contributed by atoms with van der Waals surface area (Å²) in [5.41, 5.74) is 8.26. The van der Waals surface area contributed by atoms with Crippen LogP contribution in [0, 0.1) is 0 Å². The fourth-order valence-corrected chi connectivity index (χ4v) is 2.98. The Labute approximate surface area is 126 Å². The molecule has 5 nitrogen and oxygen atoms in total. The van der Waals surface area contributed by atoms with E-state index in [2.05, 4.69) is 4.98 Å². The third-order valence-corrected chi connectivity index (χ3v) is 4.14. The Morgan fingerprint density at radius 3 is 2.57 bits per heavy atom. The van der Waals surface area contributed by atoms with Crippen molar-refractivity contribution in [2.24, 2.45) is 5.73 Å². The number of hydrogen-bond donors (Lipinski definition) is 1. The summed E-state index contributed by atoms with van der Waals surface area (Å²) in [6.07, 6.45) is 4.68. The topological polar surface area (TPSA) is 61.8 Å². The molecule has 21 heavy (non-hydrogen) atoms. The summed E-state index contributed by atoms with van der Waals surface area (Å²) < 4.78 is 12.6. The molecule has 110 valence electrons. The lowest BCUT2D eigenvalue weighted by atomic mass is 10.0. The Bertz CT molecular complexity index is 700. The standard InChI is InChI=1S/C15H17N3O2S/c1-19-12-5-10(6-13(8-12)20-2)14(16)7-11-9-18-3-4-21-15(18)17-11/h3-6,8-9,14H,7,16H2,1-2H3. The van der Waals surface area contributed by atoms with Crippen LogP contribution in [0.1, 0.15) is 17.3 Å². The molecular weight excluding hydrogens is 286 g/mol. The first kappa shape index (κ1) is 13.9. The number of hydrogen-bond acceptors (Lipinski definition) is 5. The number of methoxy groups -OCH3 is 2. The van der Waals surface area contributed by atoms with Crippen LogP contribution in [-0.4, -0.2) is 23.6 Å². The summed E-state index contributed by atoms with van der Waals surface area (Å²) in [5.74, 6) is 1.48. The van der Waals surface area contributed by atoms with E-state index in [1.54, 1.807) is 25.6 Å². The second kappa shape index (κ2) is 5.75. The van der Waals surface area contributed by atoms with E-state index in [1.807, 2.05) is 40.4 Å². The zero-order valence-corrected chi connectivity index (χ0v) is 12.8. The molecule has 2 N–H and O–H groups in total. The lowest BCUT2D eigenvalue weighted by Crippen LogP contribution is -2.13. The number of benzene rings is 1. The van der Waals surface area contributed by atoms with Crippen molar-refractivity contribution in [3.8, 4) is 11.5 Å². The van der Waals surface area contributed by atoms with Gasteiger partial charge in [0.05, 0.1) is 19.9 Å². The molecule has 0 fully saturated rings. The third-order valence-electron chi connectivity index (χ3n) is 3.37. The minimum Gasteiger partial charge on any atom is -0.497 e. The normalized spacial score (nSPS) is 12.5. The lowest BCUT2D eigenvalue weighted by molar-refractivity contribution is 0.392. The van der Waals surface area contributed by atoms with E-state index in [4.69, 9.17) is 15.2 Å². The molecule has 6 heteroatoms. The van der Waals surface area contributed by atoms with Gasteiger partial charge in [0.2, 0.25) is 0 Å². The number of nitrogens with two attached hydrogens (primary N) is 1. The molecule has 0 amide bonds. The Hall–Kier alpha value is -2.05. The Morgan fingerprint density at radius 2 is 1.95 bits per heavy atom. The van der Waals surface area contributed by atoms with Gasteiger partial charge >= 0.3 is 0 Å². The van der Waals surface area contributed by atoms with Crippen molar-refractivity contribution in [2.45, 2.75) is 12.5 Å². The van der Waals surface area contributed by atoms with Gasteiger partial charge in [-0.15, -0.1) is 11.3 Å². The Kier molecular flexibility index (Phi) is 3.81. The molecule has 1 atom stereocenters. The highest BCUT2D eigenvalue weighted by Crippen LogP contribution is 2.27. The van der Waals surface area contributed by atoms with E-state index in [1.165, 1.54) is 0 Å². The molecule has 3 rings (SSSR count). The van der Waals surface area contributed by atoms with Gasteiger partial charge < -0.3 is 15.2 Å². The average Bonchev–Trinajstić information content (AvgIpc) is 3.07. The fraction of sp³-hybridized carbons (Fsp3) is 0.267. The predicted molar refractivity (Wildman–Crippen MR) is 83.2 cm³/mol. The van der Waals surface area contributed by atoms with Gasteiger partial charge in [-0.3, -0.25) is 4.40 Å². The number of ether oxygens (including phenoxy) is 2. The van der Waals surface area contributed by atoms with Crippen molar-refractivity contribution in [1.29, 1.82) is 0 Å². The van der Waals surface area contributed by atoms with Crippen LogP contribution >= 0.6 is 11.3 Å². The monoisotopic (exact) mass is 303 g/mol. The van der Waals surface area contributed by atoms with Crippen molar-refractivity contribution < 1.29 is 9.47 Å². The minimum atomic E-state index is -0.154. The van der Waals surface area contributed by atoms with Crippen molar-refractivity contribution in [3.63, 3.8) is 0 Å². The summed E-state index contributed by atoms with van der Waals surface area (Å²) in [6.45, 7) is 0. The summed E-state index contributed by atoms with van der Waals surface area (Å²) in [5, 5.41) is 2.01. The number of thiazole rings is 1. The first-order chi connectivity index (χ1) is 10.2. The highest BCUT2D eigenvalue weighted by Gasteiger charge is 2.13. The van der Waals surface area contributed by atoms with Gasteiger partial charge in [0, 0.05) is 36.3 Å². The number of imidazole rings is 1. The molecule has 0 aliphatic rings. The Balaban J connectivity index is 1.83. The minimum absolute atomic E-state index is 0.154. The zero-order chi connectivity index (χ0) is 14.8. The summed E-state index contributed by atoms with van der Waals surface area (Å²) in [4.78, 5) is 5.55. The highest BCUT2D eigenvalue weighted by atomic mass is 32.1. The van der Waals surface area contributed by atoms with Crippen LogP contribution in [0.3, 0.4) is 0 Å². The van der Waals surface area contributed by atoms with E-state index >= 15 is 0 Å². The molecule has 0 radical (unpaired) electrons. The molecule has 0 saturated carbocycles. The van der Waals surface area contributed by atoms with Gasteiger partial charge in [0.1, 0.15) is 11.5 Å². The molecule has 0 aliphatic heterocycles. The smallest absolute Gasteiger partial charge is 0.193 e.